The van der Waals surface area contributed by atoms with Crippen molar-refractivity contribution in [3.63, 3.8) is 0 Å². The van der Waals surface area contributed by atoms with Crippen LogP contribution in [0, 0.1) is 17.3 Å². The van der Waals surface area contributed by atoms with Crippen molar-refractivity contribution in [3.05, 3.63) is 12.7 Å². The van der Waals surface area contributed by atoms with Crippen LogP contribution in [0.4, 0.5) is 0 Å². The van der Waals surface area contributed by atoms with Gasteiger partial charge in [-0.1, -0.05) is 19.9 Å². The molecule has 0 saturated carbocycles. The third-order valence-corrected chi connectivity index (χ3v) is 3.83. The summed E-state index contributed by atoms with van der Waals surface area (Å²) in [5.74, 6) is -0.421. The summed E-state index contributed by atoms with van der Waals surface area (Å²) in [5, 5.41) is 0. The van der Waals surface area contributed by atoms with Crippen molar-refractivity contribution in [2.24, 2.45) is 17.3 Å². The van der Waals surface area contributed by atoms with Crippen LogP contribution < -0.4 is 0 Å². The number of allylic oxidation sites excluding steroid dienone is 1. The molecule has 0 aliphatic carbocycles. The second-order valence-corrected chi connectivity index (χ2v) is 6.18. The van der Waals surface area contributed by atoms with Gasteiger partial charge in [0.05, 0.1) is 6.10 Å². The number of nitrogens with zero attached hydrogens (tertiary/aromatic N) is 1. The first-order chi connectivity index (χ1) is 9.11. The Morgan fingerprint density at radius 1 is 1.30 bits per heavy atom. The monoisotopic (exact) mass is 283 g/mol. The lowest BCUT2D eigenvalue weighted by Gasteiger charge is -2.33. The molecule has 0 bridgehead atoms. The zero-order chi connectivity index (χ0) is 16.1. The number of carbonyl (C=O) groups is 2. The van der Waals surface area contributed by atoms with Gasteiger partial charge in [-0.05, 0) is 26.2 Å². The van der Waals surface area contributed by atoms with E-state index in [-0.39, 0.29) is 29.6 Å². The zero-order valence-electron chi connectivity index (χ0n) is 13.9. The molecule has 0 radical (unpaired) electrons. The molecule has 20 heavy (non-hydrogen) atoms. The van der Waals surface area contributed by atoms with Crippen molar-refractivity contribution < 1.29 is 14.3 Å². The van der Waals surface area contributed by atoms with E-state index in [1.807, 2.05) is 19.9 Å². The minimum atomic E-state index is -1.03. The highest BCUT2D eigenvalue weighted by molar-refractivity contribution is 6.06. The molecule has 0 heterocycles. The highest BCUT2D eigenvalue weighted by Gasteiger charge is 2.42. The van der Waals surface area contributed by atoms with Crippen molar-refractivity contribution in [1.82, 2.24) is 4.90 Å². The number of methoxy groups -OCH3 is 1. The summed E-state index contributed by atoms with van der Waals surface area (Å²) >= 11 is 0. The minimum Gasteiger partial charge on any atom is -0.380 e. The number of carbonyl (C=O) groups excluding carboxylic acids is 2. The summed E-state index contributed by atoms with van der Waals surface area (Å²) in [6, 6.07) is 0. The molecule has 0 spiro atoms. The van der Waals surface area contributed by atoms with E-state index >= 15 is 0 Å². The number of ether oxygens (including phenoxy) is 1. The fraction of sp³-hybridized carbons (Fsp3) is 0.750. The van der Waals surface area contributed by atoms with E-state index in [1.165, 1.54) is 4.90 Å². The fourth-order valence-corrected chi connectivity index (χ4v) is 2.71. The molecular weight excluding hydrogens is 254 g/mol. The molecule has 0 fully saturated rings. The Morgan fingerprint density at radius 2 is 1.80 bits per heavy atom. The van der Waals surface area contributed by atoms with Gasteiger partial charge in [0.15, 0.2) is 5.78 Å². The van der Waals surface area contributed by atoms with E-state index in [9.17, 15) is 9.59 Å². The average Bonchev–Trinajstić information content (AvgIpc) is 2.37. The Kier molecular flexibility index (Phi) is 7.14. The first kappa shape index (κ1) is 18.8. The predicted octanol–water partition coefficient (Wildman–Crippen LogP) is 2.53. The summed E-state index contributed by atoms with van der Waals surface area (Å²) in [7, 11) is 4.93. The molecule has 4 heteroatoms. The third kappa shape index (κ3) is 4.17. The minimum absolute atomic E-state index is 0.0843. The molecule has 0 aromatic heterocycles. The average molecular weight is 283 g/mol. The Hall–Kier alpha value is -1.16. The maximum Gasteiger partial charge on any atom is 0.235 e. The molecule has 0 unspecified atom stereocenters. The lowest BCUT2D eigenvalue weighted by atomic mass is 9.76. The second kappa shape index (κ2) is 7.58. The van der Waals surface area contributed by atoms with Crippen molar-refractivity contribution in [1.29, 1.82) is 0 Å². The Morgan fingerprint density at radius 3 is 2.15 bits per heavy atom. The maximum atomic E-state index is 12.7. The van der Waals surface area contributed by atoms with Crippen LogP contribution in [0.2, 0.25) is 0 Å². The lowest BCUT2D eigenvalue weighted by molar-refractivity contribution is -0.150. The number of ketones is 1. The SMILES string of the molecule is C=CC[C@H](C)[C@H](OC)[C@@H](C)C(=O)C(C)(C)C(=O)N(C)C. The normalized spacial score (nSPS) is 16.1. The summed E-state index contributed by atoms with van der Waals surface area (Å²) in [5.41, 5.74) is -1.03. The van der Waals surface area contributed by atoms with E-state index in [0.29, 0.717) is 0 Å². The van der Waals surface area contributed by atoms with Gasteiger partial charge in [-0.25, -0.2) is 0 Å². The first-order valence-electron chi connectivity index (χ1n) is 7.01. The highest BCUT2D eigenvalue weighted by Crippen LogP contribution is 2.29. The molecule has 1 amide bonds. The smallest absolute Gasteiger partial charge is 0.235 e. The second-order valence-electron chi connectivity index (χ2n) is 6.18. The van der Waals surface area contributed by atoms with Crippen LogP contribution in [0.15, 0.2) is 12.7 Å². The number of hydrogen-bond donors (Lipinski definition) is 0. The van der Waals surface area contributed by atoms with E-state index in [4.69, 9.17) is 4.74 Å². The van der Waals surface area contributed by atoms with Gasteiger partial charge in [0.25, 0.3) is 0 Å². The van der Waals surface area contributed by atoms with Crippen LogP contribution in [0.1, 0.15) is 34.1 Å². The summed E-state index contributed by atoms with van der Waals surface area (Å²) in [6.07, 6.45) is 2.39. The van der Waals surface area contributed by atoms with Crippen LogP contribution in [0.5, 0.6) is 0 Å². The summed E-state index contributed by atoms with van der Waals surface area (Å²) in [6.45, 7) is 10.9. The maximum absolute atomic E-state index is 12.7. The lowest BCUT2D eigenvalue weighted by Crippen LogP contribution is -2.47. The van der Waals surface area contributed by atoms with Gasteiger partial charge < -0.3 is 9.64 Å². The number of Topliss-reactive ketones (excluding diaryl/α,β-unsaturated/α-hetero) is 1. The van der Waals surface area contributed by atoms with E-state index in [1.54, 1.807) is 35.1 Å². The molecule has 4 nitrogen and oxygen atoms in total. The van der Waals surface area contributed by atoms with Crippen LogP contribution in [-0.4, -0.2) is 43.9 Å². The van der Waals surface area contributed by atoms with Crippen LogP contribution in [0.3, 0.4) is 0 Å². The van der Waals surface area contributed by atoms with Crippen molar-refractivity contribution >= 4 is 11.7 Å². The van der Waals surface area contributed by atoms with E-state index < -0.39 is 5.41 Å². The van der Waals surface area contributed by atoms with Crippen molar-refractivity contribution in [2.45, 2.75) is 40.2 Å². The molecule has 116 valence electrons. The fourth-order valence-electron chi connectivity index (χ4n) is 2.71. The van der Waals surface area contributed by atoms with Crippen LogP contribution in [0.25, 0.3) is 0 Å². The molecule has 0 N–H and O–H groups in total. The predicted molar refractivity (Wildman–Crippen MR) is 81.4 cm³/mol. The Balaban J connectivity index is 5.16. The summed E-state index contributed by atoms with van der Waals surface area (Å²) < 4.78 is 5.49. The molecule has 0 aliphatic heterocycles. The molecule has 0 aliphatic rings. The zero-order valence-corrected chi connectivity index (χ0v) is 13.9. The number of hydrogen-bond acceptors (Lipinski definition) is 3. The molecule has 0 saturated heterocycles. The molecule has 0 aromatic carbocycles. The van der Waals surface area contributed by atoms with Crippen molar-refractivity contribution in [3.8, 4) is 0 Å². The van der Waals surface area contributed by atoms with Gasteiger partial charge in [0.2, 0.25) is 5.91 Å². The van der Waals surface area contributed by atoms with E-state index in [2.05, 4.69) is 6.58 Å². The van der Waals surface area contributed by atoms with Gasteiger partial charge >= 0.3 is 0 Å². The topological polar surface area (TPSA) is 46.6 Å². The molecule has 0 rings (SSSR count). The number of rotatable bonds is 8. The highest BCUT2D eigenvalue weighted by atomic mass is 16.5. The quantitative estimate of drug-likeness (QED) is 0.508. The van der Waals surface area contributed by atoms with Gasteiger partial charge in [0.1, 0.15) is 5.41 Å². The van der Waals surface area contributed by atoms with Crippen molar-refractivity contribution in [2.75, 3.05) is 21.2 Å². The van der Waals surface area contributed by atoms with Gasteiger partial charge in [-0.15, -0.1) is 6.58 Å². The summed E-state index contributed by atoms with van der Waals surface area (Å²) in [4.78, 5) is 26.3. The van der Waals surface area contributed by atoms with Crippen LogP contribution >= 0.6 is 0 Å². The Labute approximate surface area is 123 Å². The molecule has 0 aromatic rings. The van der Waals surface area contributed by atoms with Crippen LogP contribution in [-0.2, 0) is 14.3 Å². The Bertz CT molecular complexity index is 361. The largest absolute Gasteiger partial charge is 0.380 e. The van der Waals surface area contributed by atoms with Gasteiger partial charge in [-0.3, -0.25) is 9.59 Å². The molecular formula is C16H29NO3. The molecule has 3 atom stereocenters. The van der Waals surface area contributed by atoms with Gasteiger partial charge in [-0.2, -0.15) is 0 Å². The first-order valence-corrected chi connectivity index (χ1v) is 7.01. The van der Waals surface area contributed by atoms with E-state index in [0.717, 1.165) is 6.42 Å². The third-order valence-electron chi connectivity index (χ3n) is 3.83. The van der Waals surface area contributed by atoms with Gasteiger partial charge in [0, 0.05) is 27.1 Å². The standard InChI is InChI=1S/C16H29NO3/c1-9-10-11(2)13(20-8)12(3)14(18)16(4,5)15(19)17(6)7/h9,11-13H,1,10H2,2-8H3/t11-,12+,13-/m0/s1. The number of amides is 1.